The molecule has 90 valence electrons. The zero-order chi connectivity index (χ0) is 11.8. The molecule has 1 fully saturated rings. The molecule has 5 heteroatoms. The number of nitrogens with zero attached hydrogens (tertiary/aromatic N) is 3. The summed E-state index contributed by atoms with van der Waals surface area (Å²) in [5.74, 6) is 0.500. The van der Waals surface area contributed by atoms with E-state index in [0.717, 1.165) is 13.1 Å². The van der Waals surface area contributed by atoms with Crippen LogP contribution < -0.4 is 4.90 Å². The summed E-state index contributed by atoms with van der Waals surface area (Å²) in [6, 6.07) is 0.607. The molecule has 0 saturated carbocycles. The second-order valence-corrected chi connectivity index (χ2v) is 5.88. The van der Waals surface area contributed by atoms with Crippen LogP contribution in [0.25, 0.3) is 0 Å². The normalized spacial score (nSPS) is 22.1. The number of hydrogen-bond acceptors (Lipinski definition) is 4. The smallest absolute Gasteiger partial charge is 0.318 e. The van der Waals surface area contributed by atoms with E-state index in [4.69, 9.17) is 16.0 Å². The van der Waals surface area contributed by atoms with Crippen molar-refractivity contribution in [1.29, 1.82) is 0 Å². The molecule has 1 saturated heterocycles. The minimum absolute atomic E-state index is 0.223. The molecule has 2 heterocycles. The van der Waals surface area contributed by atoms with Crippen LogP contribution in [0.4, 0.5) is 6.01 Å². The highest BCUT2D eigenvalue weighted by atomic mass is 35.5. The lowest BCUT2D eigenvalue weighted by Gasteiger charge is -2.36. The van der Waals surface area contributed by atoms with E-state index in [2.05, 4.69) is 28.9 Å². The summed E-state index contributed by atoms with van der Waals surface area (Å²) in [5, 5.41) is 7.78. The molecule has 0 radical (unpaired) electrons. The van der Waals surface area contributed by atoms with Gasteiger partial charge in [0.15, 0.2) is 0 Å². The van der Waals surface area contributed by atoms with Crippen molar-refractivity contribution in [3.05, 3.63) is 5.89 Å². The van der Waals surface area contributed by atoms with Gasteiger partial charge in [-0.05, 0) is 25.2 Å². The van der Waals surface area contributed by atoms with Gasteiger partial charge in [0, 0.05) is 13.1 Å². The van der Waals surface area contributed by atoms with Crippen LogP contribution in [0.15, 0.2) is 4.42 Å². The Labute approximate surface area is 101 Å². The van der Waals surface area contributed by atoms with Crippen LogP contribution in [0.5, 0.6) is 0 Å². The molecule has 0 aromatic carbocycles. The first-order valence-electron chi connectivity index (χ1n) is 5.70. The van der Waals surface area contributed by atoms with Gasteiger partial charge in [-0.1, -0.05) is 18.9 Å². The average Bonchev–Trinajstić information content (AvgIpc) is 2.64. The lowest BCUT2D eigenvalue weighted by atomic mass is 9.84. The minimum Gasteiger partial charge on any atom is -0.406 e. The van der Waals surface area contributed by atoms with E-state index in [9.17, 15) is 0 Å². The first-order chi connectivity index (χ1) is 7.48. The van der Waals surface area contributed by atoms with Gasteiger partial charge in [0.1, 0.15) is 5.38 Å². The summed E-state index contributed by atoms with van der Waals surface area (Å²) >= 11 is 5.90. The van der Waals surface area contributed by atoms with Crippen molar-refractivity contribution in [2.24, 2.45) is 5.41 Å². The first-order valence-corrected chi connectivity index (χ1v) is 6.14. The lowest BCUT2D eigenvalue weighted by molar-refractivity contribution is 0.282. The molecular weight excluding hydrogens is 226 g/mol. The first kappa shape index (κ1) is 11.7. The molecule has 4 nitrogen and oxygen atoms in total. The van der Waals surface area contributed by atoms with Gasteiger partial charge in [-0.25, -0.2) is 0 Å². The predicted molar refractivity (Wildman–Crippen MR) is 63.8 cm³/mol. The van der Waals surface area contributed by atoms with Gasteiger partial charge in [0.25, 0.3) is 0 Å². The molecule has 1 unspecified atom stereocenters. The van der Waals surface area contributed by atoms with Crippen molar-refractivity contribution in [1.82, 2.24) is 10.2 Å². The molecule has 0 amide bonds. The molecule has 16 heavy (non-hydrogen) atoms. The number of anilines is 1. The molecule has 1 aromatic rings. The van der Waals surface area contributed by atoms with Crippen molar-refractivity contribution >= 4 is 17.6 Å². The van der Waals surface area contributed by atoms with Crippen molar-refractivity contribution in [3.8, 4) is 0 Å². The fraction of sp³-hybridized carbons (Fsp3) is 0.818. The summed E-state index contributed by atoms with van der Waals surface area (Å²) in [4.78, 5) is 2.15. The Balaban J connectivity index is 2.11. The fourth-order valence-electron chi connectivity index (χ4n) is 2.10. The lowest BCUT2D eigenvalue weighted by Crippen LogP contribution is -2.40. The second-order valence-electron chi connectivity index (χ2n) is 5.23. The van der Waals surface area contributed by atoms with Gasteiger partial charge in [-0.3, -0.25) is 0 Å². The van der Waals surface area contributed by atoms with Gasteiger partial charge in [0.2, 0.25) is 5.89 Å². The molecule has 0 aliphatic carbocycles. The van der Waals surface area contributed by atoms with E-state index in [1.807, 2.05) is 6.92 Å². The Hall–Kier alpha value is -0.770. The van der Waals surface area contributed by atoms with Crippen LogP contribution in [0.1, 0.15) is 44.9 Å². The molecule has 1 aliphatic rings. The minimum atomic E-state index is -0.223. The molecule has 1 atom stereocenters. The van der Waals surface area contributed by atoms with Gasteiger partial charge in [-0.15, -0.1) is 16.7 Å². The second kappa shape index (κ2) is 4.24. The number of aromatic nitrogens is 2. The maximum absolute atomic E-state index is 5.90. The molecule has 1 aromatic heterocycles. The van der Waals surface area contributed by atoms with E-state index in [1.165, 1.54) is 12.8 Å². The molecule has 0 bridgehead atoms. The largest absolute Gasteiger partial charge is 0.406 e. The number of alkyl halides is 1. The Morgan fingerprint density at radius 3 is 2.75 bits per heavy atom. The monoisotopic (exact) mass is 243 g/mol. The van der Waals surface area contributed by atoms with Gasteiger partial charge in [0.05, 0.1) is 0 Å². The van der Waals surface area contributed by atoms with Crippen molar-refractivity contribution in [2.75, 3.05) is 18.0 Å². The highest BCUT2D eigenvalue weighted by molar-refractivity contribution is 6.20. The number of halogens is 1. The molecule has 0 N–H and O–H groups in total. The molecular formula is C11H18ClN3O. The maximum Gasteiger partial charge on any atom is 0.318 e. The highest BCUT2D eigenvalue weighted by Gasteiger charge is 2.29. The van der Waals surface area contributed by atoms with Gasteiger partial charge >= 0.3 is 6.01 Å². The summed E-state index contributed by atoms with van der Waals surface area (Å²) < 4.78 is 5.55. The van der Waals surface area contributed by atoms with Crippen molar-refractivity contribution in [3.63, 3.8) is 0 Å². The van der Waals surface area contributed by atoms with E-state index in [-0.39, 0.29) is 5.38 Å². The average molecular weight is 244 g/mol. The Morgan fingerprint density at radius 1 is 1.44 bits per heavy atom. The van der Waals surface area contributed by atoms with Crippen molar-refractivity contribution in [2.45, 2.75) is 39.0 Å². The molecule has 0 spiro atoms. The summed E-state index contributed by atoms with van der Waals surface area (Å²) in [6.45, 7) is 8.31. The standard InChI is InChI=1S/C11H18ClN3O/c1-8(12)9-13-14-10(16-9)15-6-4-5-11(2,3)7-15/h8H,4-7H2,1-3H3. The van der Waals surface area contributed by atoms with Gasteiger partial charge in [-0.2, -0.15) is 0 Å². The summed E-state index contributed by atoms with van der Waals surface area (Å²) in [6.07, 6.45) is 2.41. The third kappa shape index (κ3) is 2.48. The van der Waals surface area contributed by atoms with Crippen LogP contribution in [-0.4, -0.2) is 23.3 Å². The Kier molecular flexibility index (Phi) is 3.10. The zero-order valence-corrected chi connectivity index (χ0v) is 10.8. The highest BCUT2D eigenvalue weighted by Crippen LogP contribution is 2.31. The van der Waals surface area contributed by atoms with Gasteiger partial charge < -0.3 is 9.32 Å². The quantitative estimate of drug-likeness (QED) is 0.749. The third-order valence-corrected chi connectivity index (χ3v) is 3.13. The molecule has 2 rings (SSSR count). The maximum atomic E-state index is 5.90. The van der Waals surface area contributed by atoms with Crippen LogP contribution >= 0.6 is 11.6 Å². The van der Waals surface area contributed by atoms with E-state index < -0.39 is 0 Å². The number of rotatable bonds is 2. The fourth-order valence-corrected chi connectivity index (χ4v) is 2.19. The third-order valence-electron chi connectivity index (χ3n) is 2.94. The SMILES string of the molecule is CC(Cl)c1nnc(N2CCCC(C)(C)C2)o1. The summed E-state index contributed by atoms with van der Waals surface area (Å²) in [7, 11) is 0. The van der Waals surface area contributed by atoms with Crippen LogP contribution in [0.2, 0.25) is 0 Å². The Morgan fingerprint density at radius 2 is 2.19 bits per heavy atom. The number of piperidine rings is 1. The van der Waals surface area contributed by atoms with Crippen LogP contribution in [0, 0.1) is 5.41 Å². The van der Waals surface area contributed by atoms with E-state index in [1.54, 1.807) is 0 Å². The predicted octanol–water partition coefficient (Wildman–Crippen LogP) is 3.00. The summed E-state index contributed by atoms with van der Waals surface area (Å²) in [5.41, 5.74) is 0.319. The number of hydrogen-bond donors (Lipinski definition) is 0. The van der Waals surface area contributed by atoms with Crippen molar-refractivity contribution < 1.29 is 4.42 Å². The van der Waals surface area contributed by atoms with Crippen LogP contribution in [0.3, 0.4) is 0 Å². The topological polar surface area (TPSA) is 42.2 Å². The van der Waals surface area contributed by atoms with E-state index >= 15 is 0 Å². The molecule has 1 aliphatic heterocycles. The zero-order valence-electron chi connectivity index (χ0n) is 10.0. The van der Waals surface area contributed by atoms with Crippen LogP contribution in [-0.2, 0) is 0 Å². The van der Waals surface area contributed by atoms with E-state index in [0.29, 0.717) is 17.3 Å². The Bertz CT molecular complexity index is 362.